The van der Waals surface area contributed by atoms with Crippen LogP contribution in [-0.2, 0) is 14.8 Å². The van der Waals surface area contributed by atoms with Gasteiger partial charge in [-0.2, -0.15) is 0 Å². The first kappa shape index (κ1) is 16.5. The van der Waals surface area contributed by atoms with Crippen LogP contribution in [0.4, 0.5) is 0 Å². The lowest BCUT2D eigenvalue weighted by molar-refractivity contribution is 0.0600. The molecular formula is C13H19NO5S. The van der Waals surface area contributed by atoms with Crippen LogP contribution < -0.4 is 9.88 Å². The fourth-order valence-corrected chi connectivity index (χ4v) is 2.84. The zero-order valence-corrected chi connectivity index (χ0v) is 12.6. The van der Waals surface area contributed by atoms with Gasteiger partial charge < -0.3 is 9.47 Å². The van der Waals surface area contributed by atoms with Gasteiger partial charge in [0.1, 0.15) is 5.75 Å². The van der Waals surface area contributed by atoms with Gasteiger partial charge in [0.2, 0.25) is 10.0 Å². The minimum atomic E-state index is -3.55. The fourth-order valence-electron chi connectivity index (χ4n) is 1.67. The van der Waals surface area contributed by atoms with Gasteiger partial charge in [0, 0.05) is 5.41 Å². The minimum absolute atomic E-state index is 0.166. The monoisotopic (exact) mass is 301 g/mol. The van der Waals surface area contributed by atoms with Crippen molar-refractivity contribution in [2.75, 3.05) is 19.5 Å². The Bertz CT molecular complexity index is 563. The van der Waals surface area contributed by atoms with Gasteiger partial charge in [0.25, 0.3) is 0 Å². The lowest BCUT2D eigenvalue weighted by Crippen LogP contribution is -2.33. The highest BCUT2D eigenvalue weighted by Gasteiger charge is 2.25. The average molecular weight is 301 g/mol. The molecule has 0 radical (unpaired) electrons. The van der Waals surface area contributed by atoms with Gasteiger partial charge in [0.15, 0.2) is 0 Å². The summed E-state index contributed by atoms with van der Waals surface area (Å²) >= 11 is 0. The standard InChI is InChI=1S/C13H19NO5S/c1-13(2,9-20(14,16)17)8-19-11-6-4-10(5-7-11)12(15)18-3/h4-7H,8-9H2,1-3H3,(H2,14,16,17). The van der Waals surface area contributed by atoms with Crippen LogP contribution in [0.1, 0.15) is 24.2 Å². The second-order valence-electron chi connectivity index (χ2n) is 5.28. The number of carbonyl (C=O) groups is 1. The number of rotatable bonds is 6. The molecule has 20 heavy (non-hydrogen) atoms. The largest absolute Gasteiger partial charge is 0.493 e. The Labute approximate surface area is 118 Å². The van der Waals surface area contributed by atoms with Crippen molar-refractivity contribution < 1.29 is 22.7 Å². The summed E-state index contributed by atoms with van der Waals surface area (Å²) in [5.41, 5.74) is -0.183. The van der Waals surface area contributed by atoms with Gasteiger partial charge in [-0.1, -0.05) is 13.8 Å². The molecule has 0 spiro atoms. The molecule has 112 valence electrons. The van der Waals surface area contributed by atoms with Crippen molar-refractivity contribution in [1.82, 2.24) is 0 Å². The number of sulfonamides is 1. The third kappa shape index (κ3) is 5.58. The number of primary sulfonamides is 1. The molecule has 0 aromatic heterocycles. The molecule has 0 amide bonds. The fraction of sp³-hybridized carbons (Fsp3) is 0.462. The maximum absolute atomic E-state index is 11.3. The lowest BCUT2D eigenvalue weighted by atomic mass is 9.98. The molecule has 0 bridgehead atoms. The van der Waals surface area contributed by atoms with Crippen LogP contribution in [0.5, 0.6) is 5.75 Å². The molecule has 1 rings (SSSR count). The summed E-state index contributed by atoms with van der Waals surface area (Å²) in [5.74, 6) is -0.0495. The Morgan fingerprint density at radius 2 is 1.80 bits per heavy atom. The molecule has 0 aliphatic heterocycles. The summed E-state index contributed by atoms with van der Waals surface area (Å²) in [6.07, 6.45) is 0. The summed E-state index contributed by atoms with van der Waals surface area (Å²) in [6, 6.07) is 6.40. The Balaban J connectivity index is 2.64. The maximum atomic E-state index is 11.3. The maximum Gasteiger partial charge on any atom is 0.337 e. The summed E-state index contributed by atoms with van der Waals surface area (Å²) in [4.78, 5) is 11.3. The first-order chi connectivity index (χ1) is 9.13. The number of carbonyl (C=O) groups excluding carboxylic acids is 1. The van der Waals surface area contributed by atoms with Gasteiger partial charge in [-0.05, 0) is 24.3 Å². The Hall–Kier alpha value is -1.60. The predicted molar refractivity (Wildman–Crippen MR) is 75.0 cm³/mol. The van der Waals surface area contributed by atoms with Crippen LogP contribution in [-0.4, -0.2) is 33.9 Å². The van der Waals surface area contributed by atoms with Crippen LogP contribution >= 0.6 is 0 Å². The summed E-state index contributed by atoms with van der Waals surface area (Å²) < 4.78 is 32.3. The molecule has 0 aliphatic carbocycles. The van der Waals surface area contributed by atoms with E-state index < -0.39 is 21.4 Å². The van der Waals surface area contributed by atoms with E-state index in [-0.39, 0.29) is 12.4 Å². The first-order valence-electron chi connectivity index (χ1n) is 5.95. The van der Waals surface area contributed by atoms with Crippen molar-refractivity contribution in [1.29, 1.82) is 0 Å². The van der Waals surface area contributed by atoms with Crippen LogP contribution in [0.15, 0.2) is 24.3 Å². The van der Waals surface area contributed by atoms with Gasteiger partial charge in [-0.3, -0.25) is 0 Å². The SMILES string of the molecule is COC(=O)c1ccc(OCC(C)(C)CS(N)(=O)=O)cc1. The van der Waals surface area contributed by atoms with Crippen LogP contribution in [0.25, 0.3) is 0 Å². The van der Waals surface area contributed by atoms with Crippen LogP contribution in [0.3, 0.4) is 0 Å². The summed E-state index contributed by atoms with van der Waals surface area (Å²) in [7, 11) is -2.24. The Morgan fingerprint density at radius 3 is 2.25 bits per heavy atom. The number of benzene rings is 1. The van der Waals surface area contributed by atoms with Gasteiger partial charge in [-0.15, -0.1) is 0 Å². The van der Waals surface area contributed by atoms with Crippen molar-refractivity contribution in [3.63, 3.8) is 0 Å². The molecule has 0 heterocycles. The van der Waals surface area contributed by atoms with Crippen molar-refractivity contribution in [2.45, 2.75) is 13.8 Å². The molecule has 0 unspecified atom stereocenters. The number of ether oxygens (including phenoxy) is 2. The van der Waals surface area contributed by atoms with Crippen molar-refractivity contribution in [3.05, 3.63) is 29.8 Å². The number of methoxy groups -OCH3 is 1. The van der Waals surface area contributed by atoms with E-state index in [1.165, 1.54) is 7.11 Å². The molecule has 1 aromatic carbocycles. The summed E-state index contributed by atoms with van der Waals surface area (Å²) in [5, 5.41) is 5.02. The number of hydrogen-bond donors (Lipinski definition) is 1. The van der Waals surface area contributed by atoms with Gasteiger partial charge in [0.05, 0.1) is 25.0 Å². The van der Waals surface area contributed by atoms with Gasteiger partial charge in [-0.25, -0.2) is 18.4 Å². The third-order valence-electron chi connectivity index (χ3n) is 2.50. The van der Waals surface area contributed by atoms with E-state index in [9.17, 15) is 13.2 Å². The zero-order valence-electron chi connectivity index (χ0n) is 11.8. The summed E-state index contributed by atoms with van der Waals surface area (Å²) in [6.45, 7) is 3.70. The predicted octanol–water partition coefficient (Wildman–Crippen LogP) is 1.17. The third-order valence-corrected chi connectivity index (χ3v) is 3.68. The molecule has 7 heteroatoms. The normalized spacial score (nSPS) is 12.0. The molecule has 2 N–H and O–H groups in total. The van der Waals surface area contributed by atoms with Crippen LogP contribution in [0, 0.1) is 5.41 Å². The van der Waals surface area contributed by atoms with Crippen LogP contribution in [0.2, 0.25) is 0 Å². The highest BCUT2D eigenvalue weighted by atomic mass is 32.2. The zero-order chi connectivity index (χ0) is 15.4. The van der Waals surface area contributed by atoms with E-state index in [0.717, 1.165) is 0 Å². The number of esters is 1. The van der Waals surface area contributed by atoms with Gasteiger partial charge >= 0.3 is 5.97 Å². The van der Waals surface area contributed by atoms with Crippen molar-refractivity contribution in [2.24, 2.45) is 10.6 Å². The molecule has 0 aliphatic rings. The van der Waals surface area contributed by atoms with E-state index in [1.807, 2.05) is 0 Å². The molecule has 0 saturated heterocycles. The Morgan fingerprint density at radius 1 is 1.25 bits per heavy atom. The van der Waals surface area contributed by atoms with Crippen molar-refractivity contribution in [3.8, 4) is 5.75 Å². The molecule has 0 atom stereocenters. The first-order valence-corrected chi connectivity index (χ1v) is 7.66. The molecule has 0 saturated carbocycles. The molecule has 0 fully saturated rings. The van der Waals surface area contributed by atoms with Crippen molar-refractivity contribution >= 4 is 16.0 Å². The average Bonchev–Trinajstić information content (AvgIpc) is 2.33. The van der Waals surface area contributed by atoms with E-state index in [4.69, 9.17) is 9.88 Å². The topological polar surface area (TPSA) is 95.7 Å². The number of hydrogen-bond acceptors (Lipinski definition) is 5. The van der Waals surface area contributed by atoms with E-state index in [2.05, 4.69) is 4.74 Å². The van der Waals surface area contributed by atoms with E-state index >= 15 is 0 Å². The minimum Gasteiger partial charge on any atom is -0.493 e. The highest BCUT2D eigenvalue weighted by Crippen LogP contribution is 2.20. The second kappa shape index (κ2) is 6.23. The second-order valence-corrected chi connectivity index (χ2v) is 6.89. The number of nitrogens with two attached hydrogens (primary N) is 1. The lowest BCUT2D eigenvalue weighted by Gasteiger charge is -2.23. The quantitative estimate of drug-likeness (QED) is 0.796. The highest BCUT2D eigenvalue weighted by molar-refractivity contribution is 7.89. The molecule has 1 aromatic rings. The molecular weight excluding hydrogens is 282 g/mol. The van der Waals surface area contributed by atoms with E-state index in [0.29, 0.717) is 11.3 Å². The smallest absolute Gasteiger partial charge is 0.337 e. The van der Waals surface area contributed by atoms with E-state index in [1.54, 1.807) is 38.1 Å². The molecule has 6 nitrogen and oxygen atoms in total. The Kier molecular flexibility index (Phi) is 5.13.